The van der Waals surface area contributed by atoms with Crippen molar-refractivity contribution in [3.63, 3.8) is 0 Å². The summed E-state index contributed by atoms with van der Waals surface area (Å²) in [6, 6.07) is 13.5. The fraction of sp³-hybridized carbons (Fsp3) is 0.294. The third-order valence-corrected chi connectivity index (χ3v) is 3.77. The molecule has 1 aliphatic rings. The molecular formula is C17H18N2O2. The molecule has 4 nitrogen and oxygen atoms in total. The molecule has 3 rings (SSSR count). The van der Waals surface area contributed by atoms with E-state index in [9.17, 15) is 4.79 Å². The van der Waals surface area contributed by atoms with Crippen LogP contribution >= 0.6 is 0 Å². The van der Waals surface area contributed by atoms with Crippen LogP contribution in [-0.4, -0.2) is 22.3 Å². The zero-order valence-electron chi connectivity index (χ0n) is 12.0. The van der Waals surface area contributed by atoms with Crippen LogP contribution in [0.15, 0.2) is 48.7 Å². The molecule has 2 aromatic rings. The molecule has 1 saturated heterocycles. The van der Waals surface area contributed by atoms with Crippen molar-refractivity contribution in [3.05, 3.63) is 54.2 Å². The Kier molecular flexibility index (Phi) is 3.86. The number of ether oxygens (including phenoxy) is 1. The summed E-state index contributed by atoms with van der Waals surface area (Å²) in [5, 5.41) is 0. The van der Waals surface area contributed by atoms with E-state index in [2.05, 4.69) is 4.98 Å². The Morgan fingerprint density at radius 3 is 2.81 bits per heavy atom. The van der Waals surface area contributed by atoms with E-state index in [1.54, 1.807) is 13.1 Å². The highest BCUT2D eigenvalue weighted by molar-refractivity contribution is 5.74. The van der Waals surface area contributed by atoms with Crippen LogP contribution in [0.25, 0.3) is 0 Å². The summed E-state index contributed by atoms with van der Waals surface area (Å²) in [4.78, 5) is 18.0. The van der Waals surface area contributed by atoms with E-state index in [-0.39, 0.29) is 11.9 Å². The lowest BCUT2D eigenvalue weighted by molar-refractivity contribution is -0.129. The number of nitrogens with zero attached hydrogens (tertiary/aromatic N) is 2. The van der Waals surface area contributed by atoms with Gasteiger partial charge in [0.25, 0.3) is 0 Å². The highest BCUT2D eigenvalue weighted by atomic mass is 16.5. The van der Waals surface area contributed by atoms with Gasteiger partial charge in [0.15, 0.2) is 0 Å². The van der Waals surface area contributed by atoms with Crippen molar-refractivity contribution in [3.8, 4) is 11.6 Å². The molecule has 108 valence electrons. The van der Waals surface area contributed by atoms with Crippen molar-refractivity contribution in [1.29, 1.82) is 0 Å². The Morgan fingerprint density at radius 1 is 1.24 bits per heavy atom. The number of hydrogen-bond donors (Lipinski definition) is 0. The molecule has 4 heteroatoms. The molecule has 2 heterocycles. The first-order valence-corrected chi connectivity index (χ1v) is 7.21. The Balaban J connectivity index is 1.91. The summed E-state index contributed by atoms with van der Waals surface area (Å²) in [5.74, 6) is 1.44. The minimum atomic E-state index is 0.0647. The number of carbonyl (C=O) groups is 1. The lowest BCUT2D eigenvalue weighted by Crippen LogP contribution is -2.28. The molecule has 0 radical (unpaired) electrons. The SMILES string of the molecule is CC(=O)N1CCC[C@@H]1c1cccnc1Oc1ccccc1. The van der Waals surface area contributed by atoms with Gasteiger partial charge in [0, 0.05) is 25.2 Å². The molecule has 0 aliphatic carbocycles. The smallest absolute Gasteiger partial charge is 0.224 e. The van der Waals surface area contributed by atoms with Crippen molar-refractivity contribution in [1.82, 2.24) is 9.88 Å². The van der Waals surface area contributed by atoms with Gasteiger partial charge in [0.2, 0.25) is 11.8 Å². The van der Waals surface area contributed by atoms with Crippen molar-refractivity contribution < 1.29 is 9.53 Å². The number of amides is 1. The summed E-state index contributed by atoms with van der Waals surface area (Å²) in [5.41, 5.74) is 0.981. The first kappa shape index (κ1) is 13.6. The van der Waals surface area contributed by atoms with E-state index in [0.29, 0.717) is 5.88 Å². The van der Waals surface area contributed by atoms with Gasteiger partial charge in [-0.15, -0.1) is 0 Å². The van der Waals surface area contributed by atoms with E-state index >= 15 is 0 Å². The average molecular weight is 282 g/mol. The average Bonchev–Trinajstić information content (AvgIpc) is 2.98. The lowest BCUT2D eigenvalue weighted by Gasteiger charge is -2.24. The second-order valence-corrected chi connectivity index (χ2v) is 5.18. The minimum Gasteiger partial charge on any atom is -0.439 e. The molecule has 21 heavy (non-hydrogen) atoms. The molecule has 1 amide bonds. The number of para-hydroxylation sites is 1. The summed E-state index contributed by atoms with van der Waals surface area (Å²) < 4.78 is 5.90. The summed E-state index contributed by atoms with van der Waals surface area (Å²) in [7, 11) is 0. The van der Waals surface area contributed by atoms with Crippen LogP contribution in [0.3, 0.4) is 0 Å². The highest BCUT2D eigenvalue weighted by Gasteiger charge is 2.30. The number of aromatic nitrogens is 1. The monoisotopic (exact) mass is 282 g/mol. The van der Waals surface area contributed by atoms with Crippen LogP contribution in [-0.2, 0) is 4.79 Å². The molecule has 0 bridgehead atoms. The molecule has 0 spiro atoms. The van der Waals surface area contributed by atoms with E-state index in [1.165, 1.54) is 0 Å². The quantitative estimate of drug-likeness (QED) is 0.864. The zero-order valence-corrected chi connectivity index (χ0v) is 12.0. The molecule has 0 unspecified atom stereocenters. The lowest BCUT2D eigenvalue weighted by atomic mass is 10.1. The number of rotatable bonds is 3. The maximum Gasteiger partial charge on any atom is 0.224 e. The first-order chi connectivity index (χ1) is 10.3. The second kappa shape index (κ2) is 5.95. The van der Waals surface area contributed by atoms with Crippen LogP contribution in [0.1, 0.15) is 31.4 Å². The first-order valence-electron chi connectivity index (χ1n) is 7.21. The maximum absolute atomic E-state index is 11.8. The summed E-state index contributed by atoms with van der Waals surface area (Å²) in [6.45, 7) is 2.42. The molecule has 1 aliphatic heterocycles. The predicted octanol–water partition coefficient (Wildman–Crippen LogP) is 3.56. The van der Waals surface area contributed by atoms with Gasteiger partial charge in [-0.25, -0.2) is 4.98 Å². The van der Waals surface area contributed by atoms with Gasteiger partial charge >= 0.3 is 0 Å². The molecule has 0 saturated carbocycles. The Hall–Kier alpha value is -2.36. The largest absolute Gasteiger partial charge is 0.439 e. The number of likely N-dealkylation sites (tertiary alicyclic amines) is 1. The maximum atomic E-state index is 11.8. The molecular weight excluding hydrogens is 264 g/mol. The number of pyridine rings is 1. The summed E-state index contributed by atoms with van der Waals surface area (Å²) in [6.07, 6.45) is 3.69. The minimum absolute atomic E-state index is 0.0647. The summed E-state index contributed by atoms with van der Waals surface area (Å²) >= 11 is 0. The van der Waals surface area contributed by atoms with E-state index in [4.69, 9.17) is 4.74 Å². The second-order valence-electron chi connectivity index (χ2n) is 5.18. The van der Waals surface area contributed by atoms with Crippen LogP contribution in [0.4, 0.5) is 0 Å². The number of benzene rings is 1. The van der Waals surface area contributed by atoms with Crippen molar-refractivity contribution in [2.75, 3.05) is 6.54 Å². The highest BCUT2D eigenvalue weighted by Crippen LogP contribution is 2.37. The van der Waals surface area contributed by atoms with Gasteiger partial charge in [-0.3, -0.25) is 4.79 Å². The van der Waals surface area contributed by atoms with Crippen LogP contribution < -0.4 is 4.74 Å². The normalized spacial score (nSPS) is 17.8. The molecule has 1 fully saturated rings. The molecule has 1 atom stereocenters. The molecule has 0 N–H and O–H groups in total. The Morgan fingerprint density at radius 2 is 2.05 bits per heavy atom. The van der Waals surface area contributed by atoms with Gasteiger partial charge < -0.3 is 9.64 Å². The third-order valence-electron chi connectivity index (χ3n) is 3.77. The Bertz CT molecular complexity index is 628. The van der Waals surface area contributed by atoms with E-state index < -0.39 is 0 Å². The van der Waals surface area contributed by atoms with Crippen molar-refractivity contribution in [2.45, 2.75) is 25.8 Å². The number of hydrogen-bond acceptors (Lipinski definition) is 3. The van der Waals surface area contributed by atoms with E-state index in [1.807, 2.05) is 47.4 Å². The number of carbonyl (C=O) groups excluding carboxylic acids is 1. The van der Waals surface area contributed by atoms with Crippen molar-refractivity contribution in [2.24, 2.45) is 0 Å². The fourth-order valence-electron chi connectivity index (χ4n) is 2.81. The topological polar surface area (TPSA) is 42.4 Å². The third kappa shape index (κ3) is 2.89. The molecule has 1 aromatic carbocycles. The van der Waals surface area contributed by atoms with Gasteiger partial charge in [0.1, 0.15) is 5.75 Å². The zero-order chi connectivity index (χ0) is 14.7. The van der Waals surface area contributed by atoms with Crippen LogP contribution in [0, 0.1) is 0 Å². The molecule has 1 aromatic heterocycles. The van der Waals surface area contributed by atoms with Crippen molar-refractivity contribution >= 4 is 5.91 Å². The Labute approximate surface area is 124 Å². The predicted molar refractivity (Wildman–Crippen MR) is 80.1 cm³/mol. The fourth-order valence-corrected chi connectivity index (χ4v) is 2.81. The van der Waals surface area contributed by atoms with E-state index in [0.717, 1.165) is 30.7 Å². The van der Waals surface area contributed by atoms with Gasteiger partial charge in [-0.2, -0.15) is 0 Å². The van der Waals surface area contributed by atoms with Gasteiger partial charge in [-0.1, -0.05) is 24.3 Å². The van der Waals surface area contributed by atoms with Crippen LogP contribution in [0.2, 0.25) is 0 Å². The van der Waals surface area contributed by atoms with Gasteiger partial charge in [-0.05, 0) is 31.0 Å². The van der Waals surface area contributed by atoms with Gasteiger partial charge in [0.05, 0.1) is 6.04 Å². The standard InChI is InChI=1S/C17H18N2O2/c1-13(20)19-12-6-10-16(19)15-9-5-11-18-17(15)21-14-7-3-2-4-8-14/h2-5,7-9,11,16H,6,10,12H2,1H3/t16-/m1/s1. The van der Waals surface area contributed by atoms with Crippen LogP contribution in [0.5, 0.6) is 11.6 Å².